The molecule has 0 radical (unpaired) electrons. The van der Waals surface area contributed by atoms with Crippen LogP contribution >= 0.6 is 0 Å². The third kappa shape index (κ3) is 2.45. The smallest absolute Gasteiger partial charge is 0.290 e. The highest BCUT2D eigenvalue weighted by atomic mass is 16.1. The van der Waals surface area contributed by atoms with Gasteiger partial charge in [0, 0.05) is 49.9 Å². The van der Waals surface area contributed by atoms with Crippen molar-refractivity contribution < 1.29 is 0 Å². The van der Waals surface area contributed by atoms with E-state index in [-0.39, 0.29) is 5.56 Å². The number of piperazine rings is 1. The van der Waals surface area contributed by atoms with Crippen molar-refractivity contribution in [3.63, 3.8) is 0 Å². The lowest BCUT2D eigenvalue weighted by Gasteiger charge is -2.36. The first kappa shape index (κ1) is 12.5. The number of benzene rings is 1. The second kappa shape index (κ2) is 5.24. The van der Waals surface area contributed by atoms with Gasteiger partial charge in [-0.05, 0) is 24.3 Å². The number of nitrogens with zero attached hydrogens (tertiary/aromatic N) is 3. The van der Waals surface area contributed by atoms with Gasteiger partial charge in [0.05, 0.1) is 0 Å². The molecule has 3 rings (SSSR count). The van der Waals surface area contributed by atoms with E-state index in [0.717, 1.165) is 37.6 Å². The number of aromatic nitrogens is 2. The fourth-order valence-corrected chi connectivity index (χ4v) is 2.43. The number of H-pyrrole nitrogens is 1. The normalized spacial score (nSPS) is 15.4. The van der Waals surface area contributed by atoms with Crippen molar-refractivity contribution >= 4 is 17.2 Å². The number of anilines is 3. The fourth-order valence-electron chi connectivity index (χ4n) is 2.43. The van der Waals surface area contributed by atoms with Gasteiger partial charge in [-0.15, -0.1) is 0 Å². The molecule has 1 fully saturated rings. The molecule has 3 N–H and O–H groups in total. The molecule has 1 aliphatic rings. The molecule has 0 spiro atoms. The second-order valence-electron chi connectivity index (χ2n) is 4.81. The molecule has 0 bridgehead atoms. The number of rotatable bonds is 2. The zero-order chi connectivity index (χ0) is 13.9. The number of nitrogen functional groups attached to an aromatic ring is 1. The summed E-state index contributed by atoms with van der Waals surface area (Å²) in [5.41, 5.74) is 7.50. The van der Waals surface area contributed by atoms with Crippen molar-refractivity contribution in [2.24, 2.45) is 0 Å². The van der Waals surface area contributed by atoms with E-state index in [1.54, 1.807) is 12.4 Å². The van der Waals surface area contributed by atoms with Crippen LogP contribution in [0, 0.1) is 0 Å². The molecule has 0 aliphatic carbocycles. The molecule has 2 aromatic rings. The molecule has 1 aromatic carbocycles. The molecule has 0 amide bonds. The van der Waals surface area contributed by atoms with Crippen LogP contribution in [0.15, 0.2) is 41.5 Å². The lowest BCUT2D eigenvalue weighted by atomic mass is 10.2. The van der Waals surface area contributed by atoms with Crippen molar-refractivity contribution in [1.82, 2.24) is 9.97 Å². The Bertz CT molecular complexity index is 629. The number of hydrogen-bond donors (Lipinski definition) is 2. The van der Waals surface area contributed by atoms with E-state index >= 15 is 0 Å². The van der Waals surface area contributed by atoms with Crippen LogP contribution < -0.4 is 21.1 Å². The largest absolute Gasteiger partial charge is 0.399 e. The Hall–Kier alpha value is -2.50. The minimum atomic E-state index is -0.131. The third-order valence-corrected chi connectivity index (χ3v) is 3.53. The van der Waals surface area contributed by atoms with Gasteiger partial charge in [-0.1, -0.05) is 0 Å². The fraction of sp³-hybridized carbons (Fsp3) is 0.286. The quantitative estimate of drug-likeness (QED) is 0.785. The highest BCUT2D eigenvalue weighted by molar-refractivity contribution is 5.54. The molecule has 0 atom stereocenters. The van der Waals surface area contributed by atoms with Gasteiger partial charge in [0.25, 0.3) is 5.56 Å². The average Bonchev–Trinajstić information content (AvgIpc) is 2.49. The van der Waals surface area contributed by atoms with Crippen molar-refractivity contribution in [1.29, 1.82) is 0 Å². The molecule has 1 aromatic heterocycles. The summed E-state index contributed by atoms with van der Waals surface area (Å²) in [6.45, 7) is 3.29. The maximum absolute atomic E-state index is 11.7. The van der Waals surface area contributed by atoms with Crippen LogP contribution in [0.2, 0.25) is 0 Å². The standard InChI is InChI=1S/C14H17N5O/c15-11-1-3-12(4-2-11)18-7-9-19(10-8-18)13-14(20)17-6-5-16-13/h1-6H,7-10,15H2,(H,17,20). The SMILES string of the molecule is Nc1ccc(N2CCN(c3ncc[nH]c3=O)CC2)cc1. The Morgan fingerprint density at radius 2 is 1.70 bits per heavy atom. The maximum atomic E-state index is 11.7. The Labute approximate surface area is 116 Å². The zero-order valence-corrected chi connectivity index (χ0v) is 11.1. The predicted octanol–water partition coefficient (Wildman–Crippen LogP) is 0.679. The Morgan fingerprint density at radius 3 is 2.35 bits per heavy atom. The maximum Gasteiger partial charge on any atom is 0.290 e. The van der Waals surface area contributed by atoms with Crippen LogP contribution in [0.5, 0.6) is 0 Å². The number of aromatic amines is 1. The molecular formula is C14H17N5O. The van der Waals surface area contributed by atoms with Crippen LogP contribution in [0.25, 0.3) is 0 Å². The summed E-state index contributed by atoms with van der Waals surface area (Å²) < 4.78 is 0. The van der Waals surface area contributed by atoms with Gasteiger partial charge >= 0.3 is 0 Å². The Balaban J connectivity index is 1.69. The van der Waals surface area contributed by atoms with E-state index in [4.69, 9.17) is 5.73 Å². The van der Waals surface area contributed by atoms with E-state index < -0.39 is 0 Å². The molecule has 6 heteroatoms. The summed E-state index contributed by atoms with van der Waals surface area (Å²) in [5.74, 6) is 0.504. The molecule has 6 nitrogen and oxygen atoms in total. The lowest BCUT2D eigenvalue weighted by molar-refractivity contribution is 0.644. The van der Waals surface area contributed by atoms with Gasteiger partial charge in [0.2, 0.25) is 0 Å². The van der Waals surface area contributed by atoms with Crippen LogP contribution in [0.4, 0.5) is 17.2 Å². The van der Waals surface area contributed by atoms with E-state index in [0.29, 0.717) is 5.82 Å². The summed E-state index contributed by atoms with van der Waals surface area (Å²) >= 11 is 0. The molecular weight excluding hydrogens is 254 g/mol. The first-order chi connectivity index (χ1) is 9.74. The minimum absolute atomic E-state index is 0.131. The highest BCUT2D eigenvalue weighted by Gasteiger charge is 2.19. The van der Waals surface area contributed by atoms with Gasteiger partial charge in [-0.3, -0.25) is 4.79 Å². The summed E-state index contributed by atoms with van der Waals surface area (Å²) in [6, 6.07) is 7.87. The van der Waals surface area contributed by atoms with Gasteiger partial charge in [0.1, 0.15) is 0 Å². The van der Waals surface area contributed by atoms with Crippen LogP contribution in [-0.4, -0.2) is 36.1 Å². The van der Waals surface area contributed by atoms with E-state index in [1.807, 2.05) is 29.2 Å². The number of nitrogens with two attached hydrogens (primary N) is 1. The van der Waals surface area contributed by atoms with Crippen molar-refractivity contribution in [2.75, 3.05) is 41.7 Å². The van der Waals surface area contributed by atoms with E-state index in [1.165, 1.54) is 0 Å². The molecule has 104 valence electrons. The monoisotopic (exact) mass is 271 g/mol. The van der Waals surface area contributed by atoms with Gasteiger partial charge in [-0.25, -0.2) is 4.98 Å². The topological polar surface area (TPSA) is 78.2 Å². The van der Waals surface area contributed by atoms with Crippen LogP contribution in [-0.2, 0) is 0 Å². The van der Waals surface area contributed by atoms with E-state index in [9.17, 15) is 4.79 Å². The first-order valence-electron chi connectivity index (χ1n) is 6.63. The summed E-state index contributed by atoms with van der Waals surface area (Å²) in [6.07, 6.45) is 3.17. The second-order valence-corrected chi connectivity index (χ2v) is 4.81. The average molecular weight is 271 g/mol. The lowest BCUT2D eigenvalue weighted by Crippen LogP contribution is -2.48. The van der Waals surface area contributed by atoms with Crippen LogP contribution in [0.1, 0.15) is 0 Å². The molecule has 1 saturated heterocycles. The van der Waals surface area contributed by atoms with Crippen LogP contribution in [0.3, 0.4) is 0 Å². The predicted molar refractivity (Wildman–Crippen MR) is 80.1 cm³/mol. The molecule has 20 heavy (non-hydrogen) atoms. The summed E-state index contributed by atoms with van der Waals surface area (Å²) in [7, 11) is 0. The van der Waals surface area contributed by atoms with Crippen molar-refractivity contribution in [2.45, 2.75) is 0 Å². The van der Waals surface area contributed by atoms with Gasteiger partial charge < -0.3 is 20.5 Å². The first-order valence-corrected chi connectivity index (χ1v) is 6.63. The van der Waals surface area contributed by atoms with Crippen molar-refractivity contribution in [3.05, 3.63) is 47.0 Å². The number of nitrogens with one attached hydrogen (secondary N) is 1. The Kier molecular flexibility index (Phi) is 3.28. The van der Waals surface area contributed by atoms with E-state index in [2.05, 4.69) is 14.9 Å². The van der Waals surface area contributed by atoms with Gasteiger partial charge in [-0.2, -0.15) is 0 Å². The molecule has 0 unspecified atom stereocenters. The third-order valence-electron chi connectivity index (χ3n) is 3.53. The highest BCUT2D eigenvalue weighted by Crippen LogP contribution is 2.19. The minimum Gasteiger partial charge on any atom is -0.399 e. The number of hydrogen-bond acceptors (Lipinski definition) is 5. The zero-order valence-electron chi connectivity index (χ0n) is 11.1. The van der Waals surface area contributed by atoms with Crippen molar-refractivity contribution in [3.8, 4) is 0 Å². The molecule has 1 aliphatic heterocycles. The molecule has 2 heterocycles. The molecule has 0 saturated carbocycles. The Morgan fingerprint density at radius 1 is 1.05 bits per heavy atom. The summed E-state index contributed by atoms with van der Waals surface area (Å²) in [4.78, 5) is 22.8. The summed E-state index contributed by atoms with van der Waals surface area (Å²) in [5, 5.41) is 0. The van der Waals surface area contributed by atoms with Gasteiger partial charge in [0.15, 0.2) is 5.82 Å².